The molecule has 65 heavy (non-hydrogen) atoms. The number of unbranched alkanes of at least 4 members (excludes halogenated alkanes) is 1. The Morgan fingerprint density at radius 3 is 1.88 bits per heavy atom. The molecule has 0 radical (unpaired) electrons. The highest BCUT2D eigenvalue weighted by Crippen LogP contribution is 2.20. The molecule has 2 heterocycles. The molecule has 0 bridgehead atoms. The fraction of sp³-hybridized carbons (Fsp3) is 0.419. The summed E-state index contributed by atoms with van der Waals surface area (Å²) in [6, 6.07) is 7.95. The summed E-state index contributed by atoms with van der Waals surface area (Å²) in [5, 5.41) is 32.9. The Morgan fingerprint density at radius 1 is 0.662 bits per heavy atom. The van der Waals surface area contributed by atoms with E-state index in [2.05, 4.69) is 46.5 Å². The van der Waals surface area contributed by atoms with Gasteiger partial charge in [0.05, 0.1) is 12.4 Å². The van der Waals surface area contributed by atoms with Crippen molar-refractivity contribution in [2.24, 2.45) is 27.9 Å². The minimum Gasteiger partial charge on any atom is -0.481 e. The van der Waals surface area contributed by atoms with Crippen LogP contribution in [-0.4, -0.2) is 122 Å². The number of benzene rings is 2. The van der Waals surface area contributed by atoms with E-state index in [1.807, 2.05) is 24.3 Å². The van der Waals surface area contributed by atoms with E-state index in [9.17, 15) is 38.7 Å². The van der Waals surface area contributed by atoms with Gasteiger partial charge in [0, 0.05) is 61.2 Å². The van der Waals surface area contributed by atoms with Gasteiger partial charge in [0.1, 0.15) is 30.2 Å². The van der Waals surface area contributed by atoms with Gasteiger partial charge in [-0.15, -0.1) is 0 Å². The number of guanidine groups is 1. The predicted octanol–water partition coefficient (Wildman–Crippen LogP) is -1.20. The second kappa shape index (κ2) is 25.7. The van der Waals surface area contributed by atoms with Crippen LogP contribution in [0.15, 0.2) is 78.3 Å². The van der Waals surface area contributed by atoms with Gasteiger partial charge in [-0.3, -0.25) is 33.8 Å². The van der Waals surface area contributed by atoms with E-state index in [4.69, 9.17) is 28.0 Å². The molecule has 6 atom stereocenters. The quantitative estimate of drug-likeness (QED) is 0.0181. The first-order valence-electron chi connectivity index (χ1n) is 21.2. The fourth-order valence-electron chi connectivity index (χ4n) is 6.92. The number of imidazole rings is 1. The zero-order valence-corrected chi connectivity index (χ0v) is 35.8. The molecule has 350 valence electrons. The number of aromatic nitrogens is 3. The lowest BCUT2D eigenvalue weighted by molar-refractivity contribution is -0.143. The van der Waals surface area contributed by atoms with Crippen molar-refractivity contribution in [2.75, 3.05) is 13.1 Å². The SMILES string of the molecule is NCCCC[C@H](N)C(=O)N[C@@H](CCCN=C(N)N)C(=O)N[C@@H](Cc1c[nH]c2ccccc12)C(=O)N[C@@H](Cc1cnc[nH]1)C(=O)N[C@@H](Cc1ccccc1)C(=O)N[C@@H](CCC(=O)O)C(=O)O. The number of carboxylic acid groups (broad SMARTS) is 2. The Balaban J connectivity index is 1.66. The van der Waals surface area contributed by atoms with Gasteiger partial charge in [-0.2, -0.15) is 0 Å². The number of carbonyl (C=O) groups is 7. The molecule has 0 fully saturated rings. The first-order valence-corrected chi connectivity index (χ1v) is 21.2. The van der Waals surface area contributed by atoms with Crippen molar-refractivity contribution in [3.8, 4) is 0 Å². The van der Waals surface area contributed by atoms with Gasteiger partial charge in [-0.1, -0.05) is 55.0 Å². The molecule has 0 saturated carbocycles. The molecule has 5 amide bonds. The number of hydrogen-bond acceptors (Lipinski definition) is 11. The Morgan fingerprint density at radius 2 is 1.26 bits per heavy atom. The van der Waals surface area contributed by atoms with Crippen LogP contribution in [0.25, 0.3) is 10.9 Å². The van der Waals surface area contributed by atoms with E-state index in [1.54, 1.807) is 36.5 Å². The summed E-state index contributed by atoms with van der Waals surface area (Å²) >= 11 is 0. The molecule has 4 rings (SSSR count). The fourth-order valence-corrected chi connectivity index (χ4v) is 6.92. The number of nitrogens with zero attached hydrogens (tertiary/aromatic N) is 2. The third kappa shape index (κ3) is 16.7. The number of aromatic amines is 2. The van der Waals surface area contributed by atoms with Crippen molar-refractivity contribution in [1.82, 2.24) is 41.5 Å². The van der Waals surface area contributed by atoms with Crippen molar-refractivity contribution in [1.29, 1.82) is 0 Å². The molecule has 0 saturated heterocycles. The molecule has 0 aliphatic carbocycles. The minimum absolute atomic E-state index is 0.0556. The second-order valence-corrected chi connectivity index (χ2v) is 15.5. The summed E-state index contributed by atoms with van der Waals surface area (Å²) in [7, 11) is 0. The Bertz CT molecular complexity index is 2230. The number of aliphatic imine (C=N–C) groups is 1. The van der Waals surface area contributed by atoms with Gasteiger partial charge in [0.25, 0.3) is 0 Å². The molecular formula is C43H59N13O9. The maximum absolute atomic E-state index is 14.6. The third-order valence-electron chi connectivity index (χ3n) is 10.4. The average molecular weight is 902 g/mol. The van der Waals surface area contributed by atoms with Crippen LogP contribution in [0.4, 0.5) is 0 Å². The maximum Gasteiger partial charge on any atom is 0.326 e. The summed E-state index contributed by atoms with van der Waals surface area (Å²) in [4.78, 5) is 107. The van der Waals surface area contributed by atoms with Crippen LogP contribution in [0, 0.1) is 0 Å². The number of H-pyrrole nitrogens is 2. The maximum atomic E-state index is 14.6. The molecule has 0 unspecified atom stereocenters. The van der Waals surface area contributed by atoms with Gasteiger partial charge in [-0.05, 0) is 55.8 Å². The van der Waals surface area contributed by atoms with Crippen molar-refractivity contribution in [3.63, 3.8) is 0 Å². The van der Waals surface area contributed by atoms with Gasteiger partial charge in [0.2, 0.25) is 29.5 Å². The molecule has 22 nitrogen and oxygen atoms in total. The van der Waals surface area contributed by atoms with E-state index in [0.29, 0.717) is 42.6 Å². The summed E-state index contributed by atoms with van der Waals surface area (Å²) in [5.74, 6) is -6.80. The smallest absolute Gasteiger partial charge is 0.326 e. The highest BCUT2D eigenvalue weighted by atomic mass is 16.4. The molecule has 2 aromatic heterocycles. The average Bonchev–Trinajstić information content (AvgIpc) is 3.95. The normalized spacial score (nSPS) is 13.8. The Hall–Kier alpha value is -7.33. The van der Waals surface area contributed by atoms with Gasteiger partial charge in [0.15, 0.2) is 5.96 Å². The number of amides is 5. The topological polar surface area (TPSA) is 381 Å². The van der Waals surface area contributed by atoms with Crippen LogP contribution in [0.2, 0.25) is 0 Å². The lowest BCUT2D eigenvalue weighted by atomic mass is 10.0. The number of para-hydroxylation sites is 1. The van der Waals surface area contributed by atoms with Crippen LogP contribution in [0.1, 0.15) is 61.8 Å². The van der Waals surface area contributed by atoms with Crippen LogP contribution in [-0.2, 0) is 52.8 Å². The van der Waals surface area contributed by atoms with Crippen LogP contribution >= 0.6 is 0 Å². The van der Waals surface area contributed by atoms with Crippen LogP contribution in [0.5, 0.6) is 0 Å². The van der Waals surface area contributed by atoms with E-state index in [1.165, 1.54) is 12.5 Å². The van der Waals surface area contributed by atoms with Crippen molar-refractivity contribution < 1.29 is 43.8 Å². The number of carbonyl (C=O) groups excluding carboxylic acids is 5. The summed E-state index contributed by atoms with van der Waals surface area (Å²) in [5.41, 5.74) is 25.2. The largest absolute Gasteiger partial charge is 0.481 e. The van der Waals surface area contributed by atoms with Crippen molar-refractivity contribution in [2.45, 2.75) is 100 Å². The molecule has 4 aromatic rings. The van der Waals surface area contributed by atoms with Crippen molar-refractivity contribution in [3.05, 3.63) is 90.1 Å². The summed E-state index contributed by atoms with van der Waals surface area (Å²) in [6.07, 6.45) is 5.01. The lowest BCUT2D eigenvalue weighted by Crippen LogP contribution is -2.60. The van der Waals surface area contributed by atoms with Gasteiger partial charge >= 0.3 is 11.9 Å². The Kier molecular flexibility index (Phi) is 19.9. The Labute approximate surface area is 374 Å². The predicted molar refractivity (Wildman–Crippen MR) is 239 cm³/mol. The number of carboxylic acids is 2. The first kappa shape index (κ1) is 50.3. The van der Waals surface area contributed by atoms with E-state index in [0.717, 1.165) is 10.9 Å². The zero-order chi connectivity index (χ0) is 47.3. The number of fused-ring (bicyclic) bond motifs is 1. The molecule has 0 spiro atoms. The molecular weight excluding hydrogens is 843 g/mol. The third-order valence-corrected chi connectivity index (χ3v) is 10.4. The number of rotatable bonds is 28. The zero-order valence-electron chi connectivity index (χ0n) is 35.8. The molecule has 17 N–H and O–H groups in total. The first-order chi connectivity index (χ1) is 31.1. The summed E-state index contributed by atoms with van der Waals surface area (Å²) < 4.78 is 0. The van der Waals surface area contributed by atoms with E-state index < -0.39 is 90.6 Å². The molecule has 0 aliphatic rings. The number of hydrogen-bond donors (Lipinski definition) is 13. The highest BCUT2D eigenvalue weighted by molar-refractivity contribution is 5.97. The second-order valence-electron chi connectivity index (χ2n) is 15.5. The number of nitrogens with one attached hydrogen (secondary N) is 7. The van der Waals surface area contributed by atoms with E-state index in [-0.39, 0.29) is 44.6 Å². The number of nitrogens with two attached hydrogens (primary N) is 4. The molecule has 0 aliphatic heterocycles. The lowest BCUT2D eigenvalue weighted by Gasteiger charge is -2.27. The summed E-state index contributed by atoms with van der Waals surface area (Å²) in [6.45, 7) is 0.554. The van der Waals surface area contributed by atoms with Gasteiger partial charge in [-0.25, -0.2) is 9.78 Å². The molecule has 2 aromatic carbocycles. The van der Waals surface area contributed by atoms with E-state index >= 15 is 0 Å². The van der Waals surface area contributed by atoms with Crippen LogP contribution in [0.3, 0.4) is 0 Å². The van der Waals surface area contributed by atoms with Crippen LogP contribution < -0.4 is 49.5 Å². The molecule has 22 heteroatoms. The standard InChI is InChI=1S/C43H59N13O9/c44-17-7-6-12-29(45)37(59)52-31(14-8-18-49-43(46)47)38(60)55-34(20-26-22-50-30-13-5-4-11-28(26)30)40(62)56-35(21-27-23-48-24-51-27)41(63)54-33(19-25-9-2-1-3-10-25)39(61)53-32(42(64)65)15-16-36(57)58/h1-5,9-11,13,22-24,29,31-35,50H,6-8,12,14-21,44-45H2,(H,48,51)(H,52,59)(H,53,61)(H,54,63)(H,55,60)(H,56,62)(H,57,58)(H,64,65)(H4,46,47,49)/t29-,31-,32-,33-,34-,35-/m0/s1. The van der Waals surface area contributed by atoms with Gasteiger partial charge < -0.3 is 69.7 Å². The number of aliphatic carboxylic acids is 2. The van der Waals surface area contributed by atoms with Crippen molar-refractivity contribution >= 4 is 58.3 Å². The highest BCUT2D eigenvalue weighted by Gasteiger charge is 2.34. The monoisotopic (exact) mass is 901 g/mol. The minimum atomic E-state index is -1.59.